The molecular formula is C16H27N3O. The lowest BCUT2D eigenvalue weighted by molar-refractivity contribution is -0.121. The van der Waals surface area contributed by atoms with E-state index in [1.54, 1.807) is 0 Å². The van der Waals surface area contributed by atoms with E-state index in [2.05, 4.69) is 46.7 Å². The highest BCUT2D eigenvalue weighted by Gasteiger charge is 2.00. The van der Waals surface area contributed by atoms with Gasteiger partial charge < -0.3 is 15.5 Å². The van der Waals surface area contributed by atoms with E-state index in [1.807, 2.05) is 14.1 Å². The Bertz CT molecular complexity index is 404. The van der Waals surface area contributed by atoms with Gasteiger partial charge in [-0.3, -0.25) is 4.79 Å². The van der Waals surface area contributed by atoms with Crippen molar-refractivity contribution < 1.29 is 4.79 Å². The van der Waals surface area contributed by atoms with Gasteiger partial charge in [-0.2, -0.15) is 0 Å². The molecule has 0 aromatic heterocycles. The summed E-state index contributed by atoms with van der Waals surface area (Å²) in [5, 5.41) is 6.24. The summed E-state index contributed by atoms with van der Waals surface area (Å²) >= 11 is 0. The van der Waals surface area contributed by atoms with Crippen LogP contribution < -0.4 is 10.6 Å². The smallest absolute Gasteiger partial charge is 0.221 e. The van der Waals surface area contributed by atoms with Crippen molar-refractivity contribution >= 4 is 5.91 Å². The summed E-state index contributed by atoms with van der Waals surface area (Å²) in [5.74, 6) is 0.125. The van der Waals surface area contributed by atoms with Gasteiger partial charge in [0.1, 0.15) is 0 Å². The Kier molecular flexibility index (Phi) is 7.92. The van der Waals surface area contributed by atoms with Crippen molar-refractivity contribution in [2.75, 3.05) is 33.7 Å². The molecule has 0 saturated carbocycles. The Hall–Kier alpha value is -1.39. The number of nitrogens with zero attached hydrogens (tertiary/aromatic N) is 1. The van der Waals surface area contributed by atoms with Crippen LogP contribution in [-0.2, 0) is 11.3 Å². The molecule has 1 aromatic rings. The van der Waals surface area contributed by atoms with Gasteiger partial charge in [-0.15, -0.1) is 0 Å². The second-order valence-corrected chi connectivity index (χ2v) is 5.42. The first-order valence-electron chi connectivity index (χ1n) is 7.25. The SMILES string of the molecule is Cc1cccc(CNCCC(=O)NCCCN(C)C)c1. The second-order valence-electron chi connectivity index (χ2n) is 5.42. The molecule has 0 aliphatic heterocycles. The topological polar surface area (TPSA) is 44.4 Å². The van der Waals surface area contributed by atoms with E-state index in [4.69, 9.17) is 0 Å². The Labute approximate surface area is 122 Å². The minimum absolute atomic E-state index is 0.125. The first-order chi connectivity index (χ1) is 9.58. The first-order valence-corrected chi connectivity index (χ1v) is 7.25. The molecule has 0 radical (unpaired) electrons. The molecule has 0 fully saturated rings. The van der Waals surface area contributed by atoms with Gasteiger partial charge in [-0.1, -0.05) is 29.8 Å². The zero-order chi connectivity index (χ0) is 14.8. The maximum absolute atomic E-state index is 11.6. The predicted molar refractivity (Wildman–Crippen MR) is 83.7 cm³/mol. The van der Waals surface area contributed by atoms with E-state index < -0.39 is 0 Å². The van der Waals surface area contributed by atoms with Crippen LogP contribution in [0.1, 0.15) is 24.0 Å². The molecule has 0 aliphatic carbocycles. The summed E-state index contributed by atoms with van der Waals surface area (Å²) in [6.45, 7) is 5.38. The van der Waals surface area contributed by atoms with Gasteiger partial charge in [0.05, 0.1) is 0 Å². The molecule has 1 rings (SSSR count). The van der Waals surface area contributed by atoms with Crippen LogP contribution in [0.25, 0.3) is 0 Å². The number of carbonyl (C=O) groups excluding carboxylic acids is 1. The van der Waals surface area contributed by atoms with Crippen molar-refractivity contribution in [3.05, 3.63) is 35.4 Å². The van der Waals surface area contributed by atoms with Crippen LogP contribution in [0.5, 0.6) is 0 Å². The molecule has 0 aliphatic rings. The number of hydrogen-bond donors (Lipinski definition) is 2. The Balaban J connectivity index is 2.04. The van der Waals surface area contributed by atoms with Crippen molar-refractivity contribution in [3.63, 3.8) is 0 Å². The van der Waals surface area contributed by atoms with E-state index >= 15 is 0 Å². The number of amides is 1. The highest BCUT2D eigenvalue weighted by Crippen LogP contribution is 2.02. The standard InChI is InChI=1S/C16H27N3O/c1-14-6-4-7-15(12-14)13-17-10-8-16(20)18-9-5-11-19(2)3/h4,6-7,12,17H,5,8-11,13H2,1-3H3,(H,18,20). The first kappa shape index (κ1) is 16.7. The molecule has 4 heteroatoms. The number of aryl methyl sites for hydroxylation is 1. The van der Waals surface area contributed by atoms with Gasteiger partial charge in [0.2, 0.25) is 5.91 Å². The lowest BCUT2D eigenvalue weighted by atomic mass is 10.1. The van der Waals surface area contributed by atoms with Crippen molar-refractivity contribution in [3.8, 4) is 0 Å². The fourth-order valence-corrected chi connectivity index (χ4v) is 1.97. The van der Waals surface area contributed by atoms with Gasteiger partial charge in [0, 0.05) is 26.1 Å². The molecule has 0 unspecified atom stereocenters. The fraction of sp³-hybridized carbons (Fsp3) is 0.562. The predicted octanol–water partition coefficient (Wildman–Crippen LogP) is 1.54. The van der Waals surface area contributed by atoms with Gasteiger partial charge in [0.25, 0.3) is 0 Å². The molecule has 4 nitrogen and oxygen atoms in total. The monoisotopic (exact) mass is 277 g/mol. The van der Waals surface area contributed by atoms with Crippen molar-refractivity contribution in [1.82, 2.24) is 15.5 Å². The van der Waals surface area contributed by atoms with E-state index in [-0.39, 0.29) is 5.91 Å². The summed E-state index contributed by atoms with van der Waals surface area (Å²) in [6.07, 6.45) is 1.53. The van der Waals surface area contributed by atoms with E-state index in [0.29, 0.717) is 13.0 Å². The summed E-state index contributed by atoms with van der Waals surface area (Å²) < 4.78 is 0. The average Bonchev–Trinajstić information content (AvgIpc) is 2.40. The normalized spacial score (nSPS) is 10.8. The highest BCUT2D eigenvalue weighted by molar-refractivity contribution is 5.75. The Morgan fingerprint density at radius 1 is 1.25 bits per heavy atom. The van der Waals surface area contributed by atoms with Crippen molar-refractivity contribution in [1.29, 1.82) is 0 Å². The molecule has 112 valence electrons. The number of nitrogens with one attached hydrogen (secondary N) is 2. The Morgan fingerprint density at radius 2 is 2.05 bits per heavy atom. The van der Waals surface area contributed by atoms with Crippen LogP contribution in [0, 0.1) is 6.92 Å². The van der Waals surface area contributed by atoms with Crippen LogP contribution in [0.2, 0.25) is 0 Å². The van der Waals surface area contributed by atoms with E-state index in [0.717, 1.165) is 26.1 Å². The molecular weight excluding hydrogens is 250 g/mol. The van der Waals surface area contributed by atoms with E-state index in [1.165, 1.54) is 11.1 Å². The highest BCUT2D eigenvalue weighted by atomic mass is 16.1. The summed E-state index contributed by atoms with van der Waals surface area (Å²) in [4.78, 5) is 13.7. The minimum atomic E-state index is 0.125. The third-order valence-corrected chi connectivity index (χ3v) is 3.04. The average molecular weight is 277 g/mol. The third-order valence-electron chi connectivity index (χ3n) is 3.04. The number of carbonyl (C=O) groups is 1. The lowest BCUT2D eigenvalue weighted by Gasteiger charge is -2.10. The maximum Gasteiger partial charge on any atom is 0.221 e. The van der Waals surface area contributed by atoms with E-state index in [9.17, 15) is 4.79 Å². The van der Waals surface area contributed by atoms with Crippen LogP contribution in [0.15, 0.2) is 24.3 Å². The number of hydrogen-bond acceptors (Lipinski definition) is 3. The number of rotatable bonds is 9. The summed E-state index contributed by atoms with van der Waals surface area (Å²) in [7, 11) is 4.08. The number of benzene rings is 1. The molecule has 0 saturated heterocycles. The van der Waals surface area contributed by atoms with Gasteiger partial charge in [-0.25, -0.2) is 0 Å². The van der Waals surface area contributed by atoms with Crippen molar-refractivity contribution in [2.45, 2.75) is 26.3 Å². The van der Waals surface area contributed by atoms with Gasteiger partial charge in [0.15, 0.2) is 0 Å². The van der Waals surface area contributed by atoms with Gasteiger partial charge in [-0.05, 0) is 39.5 Å². The molecule has 0 heterocycles. The lowest BCUT2D eigenvalue weighted by Crippen LogP contribution is -2.29. The second kappa shape index (κ2) is 9.50. The van der Waals surface area contributed by atoms with Gasteiger partial charge >= 0.3 is 0 Å². The molecule has 1 amide bonds. The molecule has 2 N–H and O–H groups in total. The largest absolute Gasteiger partial charge is 0.356 e. The Morgan fingerprint density at radius 3 is 2.75 bits per heavy atom. The molecule has 0 bridgehead atoms. The van der Waals surface area contributed by atoms with Crippen LogP contribution in [0.4, 0.5) is 0 Å². The van der Waals surface area contributed by atoms with Crippen LogP contribution >= 0.6 is 0 Å². The molecule has 0 spiro atoms. The maximum atomic E-state index is 11.6. The quantitative estimate of drug-likeness (QED) is 0.673. The summed E-state index contributed by atoms with van der Waals surface area (Å²) in [5.41, 5.74) is 2.53. The minimum Gasteiger partial charge on any atom is -0.356 e. The van der Waals surface area contributed by atoms with Crippen LogP contribution in [-0.4, -0.2) is 44.5 Å². The van der Waals surface area contributed by atoms with Crippen molar-refractivity contribution in [2.24, 2.45) is 0 Å². The third kappa shape index (κ3) is 7.92. The van der Waals surface area contributed by atoms with Crippen LogP contribution in [0.3, 0.4) is 0 Å². The zero-order valence-electron chi connectivity index (χ0n) is 12.9. The molecule has 20 heavy (non-hydrogen) atoms. The molecule has 1 aromatic carbocycles. The summed E-state index contributed by atoms with van der Waals surface area (Å²) in [6, 6.07) is 8.41. The molecule has 0 atom stereocenters. The fourth-order valence-electron chi connectivity index (χ4n) is 1.97. The zero-order valence-corrected chi connectivity index (χ0v) is 12.9.